The highest BCUT2D eigenvalue weighted by molar-refractivity contribution is 7.90. The fourth-order valence-electron chi connectivity index (χ4n) is 1.62. The van der Waals surface area contributed by atoms with Gasteiger partial charge in [-0.15, -0.1) is 0 Å². The van der Waals surface area contributed by atoms with Gasteiger partial charge in [-0.1, -0.05) is 12.1 Å². The van der Waals surface area contributed by atoms with E-state index in [0.717, 1.165) is 4.31 Å². The number of hydrogen-bond acceptors (Lipinski definition) is 3. The topological polar surface area (TPSA) is 75.4 Å². The summed E-state index contributed by atoms with van der Waals surface area (Å²) >= 11 is 0. The summed E-state index contributed by atoms with van der Waals surface area (Å²) < 4.78 is 41.7. The Balaban J connectivity index is 3.12. The van der Waals surface area contributed by atoms with Crippen molar-refractivity contribution in [2.24, 2.45) is 5.73 Å². The van der Waals surface area contributed by atoms with Gasteiger partial charge in [0.15, 0.2) is 0 Å². The number of nitrogens with two attached hydrogens (primary N) is 1. The molecule has 5 nitrogen and oxygen atoms in total. The highest BCUT2D eigenvalue weighted by Crippen LogP contribution is 2.21. The van der Waals surface area contributed by atoms with E-state index in [2.05, 4.69) is 4.72 Å². The van der Waals surface area contributed by atoms with Crippen LogP contribution in [0.1, 0.15) is 20.3 Å². The van der Waals surface area contributed by atoms with Gasteiger partial charge in [-0.2, -0.15) is 13.1 Å². The van der Waals surface area contributed by atoms with Crippen LogP contribution < -0.4 is 14.8 Å². The van der Waals surface area contributed by atoms with E-state index in [1.165, 1.54) is 18.2 Å². The summed E-state index contributed by atoms with van der Waals surface area (Å²) in [6.45, 7) is 3.89. The average Bonchev–Trinajstić information content (AvgIpc) is 2.29. The molecule has 3 N–H and O–H groups in total. The third-order valence-corrected chi connectivity index (χ3v) is 4.09. The van der Waals surface area contributed by atoms with Gasteiger partial charge in [0.25, 0.3) is 0 Å². The summed E-state index contributed by atoms with van der Waals surface area (Å²) in [5, 5.41) is 0. The number of benzene rings is 1. The van der Waals surface area contributed by atoms with Crippen LogP contribution in [-0.2, 0) is 10.2 Å². The van der Waals surface area contributed by atoms with E-state index in [9.17, 15) is 12.8 Å². The molecule has 0 radical (unpaired) electrons. The molecular formula is C12H20FN3O2S. The maximum Gasteiger partial charge on any atom is 0.301 e. The lowest BCUT2D eigenvalue weighted by Gasteiger charge is -2.25. The van der Waals surface area contributed by atoms with E-state index >= 15 is 0 Å². The van der Waals surface area contributed by atoms with Gasteiger partial charge in [0.05, 0.1) is 5.69 Å². The molecule has 0 aliphatic rings. The summed E-state index contributed by atoms with van der Waals surface area (Å²) in [5.41, 5.74) is 5.43. The molecule has 0 spiro atoms. The third kappa shape index (κ3) is 4.45. The van der Waals surface area contributed by atoms with Gasteiger partial charge >= 0.3 is 10.2 Å². The lowest BCUT2D eigenvalue weighted by atomic mass is 10.3. The minimum Gasteiger partial charge on any atom is -0.330 e. The van der Waals surface area contributed by atoms with Crippen LogP contribution in [-0.4, -0.2) is 27.5 Å². The standard InChI is InChI=1S/C12H20FN3O2S/c1-10(2)15-19(17,18)16(9-5-8-14)12-7-4-3-6-11(12)13/h3-4,6-7,10,15H,5,8-9,14H2,1-2H3. The fraction of sp³-hybridized carbons (Fsp3) is 0.500. The minimum atomic E-state index is -3.78. The van der Waals surface area contributed by atoms with Crippen LogP contribution in [0.2, 0.25) is 0 Å². The average molecular weight is 289 g/mol. The summed E-state index contributed by atoms with van der Waals surface area (Å²) in [7, 11) is -3.78. The second-order valence-electron chi connectivity index (χ2n) is 4.44. The van der Waals surface area contributed by atoms with Crippen LogP contribution >= 0.6 is 0 Å². The third-order valence-electron chi connectivity index (χ3n) is 2.36. The van der Waals surface area contributed by atoms with Crippen molar-refractivity contribution in [3.8, 4) is 0 Å². The molecule has 0 aliphatic carbocycles. The molecule has 108 valence electrons. The van der Waals surface area contributed by atoms with Gasteiger partial charge in [0.2, 0.25) is 0 Å². The molecule has 0 unspecified atom stereocenters. The summed E-state index contributed by atoms with van der Waals surface area (Å²) in [6, 6.07) is 5.51. The zero-order valence-electron chi connectivity index (χ0n) is 11.1. The summed E-state index contributed by atoms with van der Waals surface area (Å²) in [6.07, 6.45) is 0.452. The highest BCUT2D eigenvalue weighted by atomic mass is 32.2. The Kier molecular flexibility index (Phi) is 5.71. The zero-order chi connectivity index (χ0) is 14.5. The van der Waals surface area contributed by atoms with Crippen molar-refractivity contribution in [2.45, 2.75) is 26.3 Å². The zero-order valence-corrected chi connectivity index (χ0v) is 12.0. The van der Waals surface area contributed by atoms with Gasteiger partial charge in [-0.05, 0) is 38.9 Å². The molecule has 0 saturated heterocycles. The van der Waals surface area contributed by atoms with Crippen molar-refractivity contribution in [3.05, 3.63) is 30.1 Å². The Bertz CT molecular complexity index is 505. The molecule has 0 atom stereocenters. The van der Waals surface area contributed by atoms with Gasteiger partial charge in [0.1, 0.15) is 5.82 Å². The first kappa shape index (κ1) is 15.9. The van der Waals surface area contributed by atoms with Gasteiger partial charge in [-0.3, -0.25) is 4.31 Å². The van der Waals surface area contributed by atoms with E-state index in [4.69, 9.17) is 5.73 Å². The Morgan fingerprint density at radius 3 is 2.53 bits per heavy atom. The quantitative estimate of drug-likeness (QED) is 0.792. The second kappa shape index (κ2) is 6.83. The number of nitrogens with one attached hydrogen (secondary N) is 1. The van der Waals surface area contributed by atoms with E-state index in [-0.39, 0.29) is 18.3 Å². The largest absolute Gasteiger partial charge is 0.330 e. The van der Waals surface area contributed by atoms with Crippen molar-refractivity contribution in [3.63, 3.8) is 0 Å². The Morgan fingerprint density at radius 1 is 1.37 bits per heavy atom. The van der Waals surface area contributed by atoms with Crippen molar-refractivity contribution in [2.75, 3.05) is 17.4 Å². The molecule has 0 bridgehead atoms. The Hall–Kier alpha value is -1.18. The monoisotopic (exact) mass is 289 g/mol. The van der Waals surface area contributed by atoms with Crippen LogP contribution in [0.15, 0.2) is 24.3 Å². The first-order chi connectivity index (χ1) is 8.88. The maximum absolute atomic E-state index is 13.8. The minimum absolute atomic E-state index is 0.0316. The molecule has 0 saturated carbocycles. The fourth-order valence-corrected chi connectivity index (χ4v) is 3.12. The Labute approximate surface area is 113 Å². The van der Waals surface area contributed by atoms with Crippen molar-refractivity contribution >= 4 is 15.9 Å². The van der Waals surface area contributed by atoms with Crippen LogP contribution in [0.25, 0.3) is 0 Å². The predicted molar refractivity (Wildman–Crippen MR) is 74.6 cm³/mol. The van der Waals surface area contributed by atoms with Crippen LogP contribution in [0, 0.1) is 5.82 Å². The van der Waals surface area contributed by atoms with Gasteiger partial charge in [0, 0.05) is 12.6 Å². The number of para-hydroxylation sites is 1. The normalized spacial score (nSPS) is 11.8. The van der Waals surface area contributed by atoms with E-state index in [1.54, 1.807) is 19.9 Å². The van der Waals surface area contributed by atoms with Crippen LogP contribution in [0.3, 0.4) is 0 Å². The molecule has 0 aliphatic heterocycles. The highest BCUT2D eigenvalue weighted by Gasteiger charge is 2.24. The molecule has 0 aromatic heterocycles. The van der Waals surface area contributed by atoms with Gasteiger partial charge in [-0.25, -0.2) is 4.39 Å². The van der Waals surface area contributed by atoms with E-state index in [0.29, 0.717) is 13.0 Å². The first-order valence-corrected chi connectivity index (χ1v) is 7.57. The van der Waals surface area contributed by atoms with E-state index < -0.39 is 16.0 Å². The van der Waals surface area contributed by atoms with Crippen molar-refractivity contribution in [1.29, 1.82) is 0 Å². The molecule has 0 amide bonds. The molecule has 0 fully saturated rings. The molecule has 19 heavy (non-hydrogen) atoms. The van der Waals surface area contributed by atoms with Crippen LogP contribution in [0.5, 0.6) is 0 Å². The summed E-state index contributed by atoms with van der Waals surface area (Å²) in [4.78, 5) is 0. The summed E-state index contributed by atoms with van der Waals surface area (Å²) in [5.74, 6) is -0.575. The maximum atomic E-state index is 13.8. The van der Waals surface area contributed by atoms with E-state index in [1.807, 2.05) is 0 Å². The lowest BCUT2D eigenvalue weighted by molar-refractivity contribution is 0.559. The molecule has 1 rings (SSSR count). The first-order valence-electron chi connectivity index (χ1n) is 6.13. The van der Waals surface area contributed by atoms with Crippen LogP contribution in [0.4, 0.5) is 10.1 Å². The number of nitrogens with zero attached hydrogens (tertiary/aromatic N) is 1. The number of halogens is 1. The number of rotatable bonds is 7. The molecule has 7 heteroatoms. The SMILES string of the molecule is CC(C)NS(=O)(=O)N(CCCN)c1ccccc1F. The molecule has 0 heterocycles. The molecular weight excluding hydrogens is 269 g/mol. The molecule has 1 aromatic rings. The van der Waals surface area contributed by atoms with Crippen molar-refractivity contribution < 1.29 is 12.8 Å². The molecule has 1 aromatic carbocycles. The smallest absolute Gasteiger partial charge is 0.301 e. The second-order valence-corrected chi connectivity index (χ2v) is 6.07. The number of anilines is 1. The van der Waals surface area contributed by atoms with Crippen molar-refractivity contribution in [1.82, 2.24) is 4.72 Å². The van der Waals surface area contributed by atoms with Gasteiger partial charge < -0.3 is 5.73 Å². The number of hydrogen-bond donors (Lipinski definition) is 2. The lowest BCUT2D eigenvalue weighted by Crippen LogP contribution is -2.45. The Morgan fingerprint density at radius 2 is 2.00 bits per heavy atom. The predicted octanol–water partition coefficient (Wildman–Crippen LogP) is 1.22.